The molecule has 9 atom stereocenters. The lowest BCUT2D eigenvalue weighted by molar-refractivity contribution is -0.184. The van der Waals surface area contributed by atoms with Crippen LogP contribution >= 0.6 is 11.6 Å². The minimum atomic E-state index is -4.35. The number of alkyl halides is 4. The molecule has 5 N–H and O–H groups in total. The Kier molecular flexibility index (Phi) is 29.8. The Morgan fingerprint density at radius 1 is 0.521 bits per heavy atom. The van der Waals surface area contributed by atoms with Gasteiger partial charge in [-0.05, 0) is 145 Å². The highest BCUT2D eigenvalue weighted by Crippen LogP contribution is 2.41. The molecule has 0 aromatic carbocycles. The topological polar surface area (TPSA) is 267 Å². The number of amides is 11. The van der Waals surface area contributed by atoms with E-state index in [0.29, 0.717) is 70.6 Å². The molecule has 1 aliphatic heterocycles. The number of fused-ring (bicyclic) bond motifs is 1. The second-order valence-corrected chi connectivity index (χ2v) is 30.1. The molecule has 1 spiro atoms. The van der Waals surface area contributed by atoms with Crippen molar-refractivity contribution < 1.29 is 65.9 Å². The molecule has 0 unspecified atom stereocenters. The molecule has 0 radical (unpaired) electrons. The van der Waals surface area contributed by atoms with Gasteiger partial charge in [0.05, 0.1) is 31.5 Å². The third-order valence-electron chi connectivity index (χ3n) is 20.9. The summed E-state index contributed by atoms with van der Waals surface area (Å²) in [5.74, 6) is -10.4. The molecule has 0 aromatic rings. The summed E-state index contributed by atoms with van der Waals surface area (Å²) in [5, 5.41) is 14.8. The van der Waals surface area contributed by atoms with Crippen molar-refractivity contribution in [2.75, 3.05) is 61.9 Å². The van der Waals surface area contributed by atoms with Crippen molar-refractivity contribution in [3.8, 4) is 0 Å². The van der Waals surface area contributed by atoms with Gasteiger partial charge in [0, 0.05) is 53.7 Å². The first-order chi connectivity index (χ1) is 44.0. The molecule has 11 amide bonds. The third-order valence-corrected chi connectivity index (χ3v) is 21.3. The van der Waals surface area contributed by atoms with Crippen molar-refractivity contribution in [3.05, 3.63) is 0 Å². The van der Waals surface area contributed by atoms with Crippen LogP contribution in [0.1, 0.15) is 197 Å². The van der Waals surface area contributed by atoms with E-state index in [1.54, 1.807) is 20.8 Å². The number of hydrogen-bond acceptors (Lipinski definition) is 11. The standard InChI is InChI=1S/C68H113ClF3N11O11/c1-15-43(8)58-65(93)80(11)38-55(85)78(9)39-56(86)81(12)53(36-45-24-29-47(69)30-25-45)64(92)79(10)37-54(84)73-50(31-26-44-22-27-46(28-23-44)68(70,71)72)63(91)82(13)52(35-41(4)5)61(89)77-67(32-18-19-33-67)66(94)83(14)51(34-40(2)3)60(88)74-49-21-17-16-20-48(49)59(87)75-57(42(6)7)62(90)76-58/h40-53,57-58H,15-39H2,1-14H3,(H,73,84)(H,74,88)(H,75,87)(H,76,90)(H,77,89)/t43-,44?,45?,46?,47?,48+,49+,50-,51-,52-,53-,57-,58-/m0/s1. The number of hydrogen-bond donors (Lipinski definition) is 5. The molecule has 5 fully saturated rings. The van der Waals surface area contributed by atoms with Gasteiger partial charge in [0.2, 0.25) is 65.0 Å². The molecule has 1 heterocycles. The van der Waals surface area contributed by atoms with E-state index in [9.17, 15) is 51.5 Å². The second-order valence-electron chi connectivity index (χ2n) is 29.5. The molecule has 0 bridgehead atoms. The maximum absolute atomic E-state index is 15.3. The van der Waals surface area contributed by atoms with E-state index < -0.39 is 162 Å². The van der Waals surface area contributed by atoms with E-state index in [1.807, 2.05) is 34.6 Å². The lowest BCUT2D eigenvalue weighted by Gasteiger charge is -2.40. The zero-order valence-corrected chi connectivity index (χ0v) is 59.4. The van der Waals surface area contributed by atoms with Gasteiger partial charge >= 0.3 is 6.18 Å². The van der Waals surface area contributed by atoms with E-state index >= 15 is 14.4 Å². The Hall–Kier alpha value is -5.75. The molecule has 4 saturated carbocycles. The van der Waals surface area contributed by atoms with Crippen LogP contribution in [0.2, 0.25) is 0 Å². The largest absolute Gasteiger partial charge is 0.391 e. The minimum absolute atomic E-state index is 0.0183. The van der Waals surface area contributed by atoms with Crippen molar-refractivity contribution >= 4 is 76.6 Å². The first kappa shape index (κ1) is 78.9. The summed E-state index contributed by atoms with van der Waals surface area (Å²) in [4.78, 5) is 169. The number of rotatable bonds is 12. The minimum Gasteiger partial charge on any atom is -0.351 e. The van der Waals surface area contributed by atoms with Crippen molar-refractivity contribution in [3.63, 3.8) is 0 Å². The van der Waals surface area contributed by atoms with Crippen LogP contribution in [-0.4, -0.2) is 216 Å². The van der Waals surface area contributed by atoms with E-state index in [-0.39, 0.29) is 99.7 Å². The Bertz CT molecular complexity index is 2630. The molecule has 1 saturated heterocycles. The smallest absolute Gasteiger partial charge is 0.351 e. The van der Waals surface area contributed by atoms with Gasteiger partial charge in [0.15, 0.2) is 0 Å². The number of likely N-dealkylation sites (N-methyl/N-ethyl adjacent to an activating group) is 6. The summed E-state index contributed by atoms with van der Waals surface area (Å²) >= 11 is 6.50. The maximum Gasteiger partial charge on any atom is 0.391 e. The van der Waals surface area contributed by atoms with Gasteiger partial charge < -0.3 is 56.0 Å². The summed E-state index contributed by atoms with van der Waals surface area (Å²) in [5.41, 5.74) is -1.50. The lowest BCUT2D eigenvalue weighted by atomic mass is 9.79. The highest BCUT2D eigenvalue weighted by atomic mass is 35.5. The SMILES string of the molecule is CC[C@H](C)[C@@H]1NC(=O)[C@H](C(C)C)NC(=O)[C@@H]2CCCC[C@H]2NC(=O)[C@H](CC(C)C)N(C)C(=O)C2(CCCC2)NC(=O)[C@H](CC(C)C)N(C)C(=O)[C@H](CCC2CCC(C(F)(F)F)CC2)NC(=O)CN(C)C(=O)[C@H](CC2CCC(Cl)CC2)N(C)C(=O)CN(C)C(=O)CN(C)C1=O. The molecular weight excluding hydrogens is 1240 g/mol. The molecule has 22 nitrogen and oxygen atoms in total. The average Bonchev–Trinajstić information content (AvgIpc) is 1.47. The summed E-state index contributed by atoms with van der Waals surface area (Å²) in [7, 11) is 8.58. The Balaban J connectivity index is 1.57. The molecule has 4 aliphatic carbocycles. The summed E-state index contributed by atoms with van der Waals surface area (Å²) < 4.78 is 41.5. The third kappa shape index (κ3) is 21.6. The second kappa shape index (κ2) is 35.5. The predicted octanol–water partition coefficient (Wildman–Crippen LogP) is 6.55. The number of carbonyl (C=O) groups is 11. The maximum atomic E-state index is 15.3. The quantitative estimate of drug-likeness (QED) is 0.131. The van der Waals surface area contributed by atoms with Crippen LogP contribution in [0.5, 0.6) is 0 Å². The van der Waals surface area contributed by atoms with Crippen LogP contribution in [-0.2, 0) is 52.7 Å². The summed E-state index contributed by atoms with van der Waals surface area (Å²) in [6.45, 7) is 13.1. The number of nitrogens with zero attached hydrogens (tertiary/aromatic N) is 6. The Labute approximate surface area is 561 Å². The first-order valence-corrected chi connectivity index (χ1v) is 35.2. The molecule has 5 rings (SSSR count). The molecule has 534 valence electrons. The van der Waals surface area contributed by atoms with E-state index in [4.69, 9.17) is 11.6 Å². The van der Waals surface area contributed by atoms with Gasteiger partial charge in [-0.25, -0.2) is 0 Å². The zero-order valence-electron chi connectivity index (χ0n) is 58.6. The van der Waals surface area contributed by atoms with Crippen LogP contribution in [0.4, 0.5) is 13.2 Å². The molecular formula is C68H113ClF3N11O11. The van der Waals surface area contributed by atoms with Crippen molar-refractivity contribution in [2.45, 2.75) is 256 Å². The normalized spacial score (nSPS) is 30.5. The van der Waals surface area contributed by atoms with Crippen LogP contribution in [0.3, 0.4) is 0 Å². The predicted molar refractivity (Wildman–Crippen MR) is 352 cm³/mol. The number of carbonyl (C=O) groups excluding carboxylic acids is 11. The van der Waals surface area contributed by atoms with Crippen LogP contribution in [0.25, 0.3) is 0 Å². The van der Waals surface area contributed by atoms with Gasteiger partial charge in [0.1, 0.15) is 41.8 Å². The first-order valence-electron chi connectivity index (χ1n) is 34.8. The number of halogens is 4. The van der Waals surface area contributed by atoms with E-state index in [0.717, 1.165) is 14.7 Å². The monoisotopic (exact) mass is 1350 g/mol. The van der Waals surface area contributed by atoms with Crippen molar-refractivity contribution in [1.29, 1.82) is 0 Å². The van der Waals surface area contributed by atoms with Gasteiger partial charge in [0.25, 0.3) is 0 Å². The zero-order chi connectivity index (χ0) is 70.3. The average molecular weight is 1350 g/mol. The highest BCUT2D eigenvalue weighted by molar-refractivity contribution is 6.20. The Morgan fingerprint density at radius 3 is 1.63 bits per heavy atom. The molecule has 26 heteroatoms. The summed E-state index contributed by atoms with van der Waals surface area (Å²) in [6.07, 6.45) is 3.53. The fourth-order valence-electron chi connectivity index (χ4n) is 14.5. The molecule has 0 aromatic heterocycles. The molecule has 94 heavy (non-hydrogen) atoms. The lowest BCUT2D eigenvalue weighted by Crippen LogP contribution is -2.64. The summed E-state index contributed by atoms with van der Waals surface area (Å²) in [6, 6.07) is -7.69. The van der Waals surface area contributed by atoms with Gasteiger partial charge in [-0.15, -0.1) is 11.6 Å². The fourth-order valence-corrected chi connectivity index (χ4v) is 14.8. The highest BCUT2D eigenvalue weighted by Gasteiger charge is 2.49. The van der Waals surface area contributed by atoms with Crippen LogP contribution in [0, 0.1) is 47.3 Å². The van der Waals surface area contributed by atoms with Gasteiger partial charge in [-0.1, -0.05) is 87.5 Å². The van der Waals surface area contributed by atoms with Crippen molar-refractivity contribution in [1.82, 2.24) is 56.0 Å². The molecule has 5 aliphatic rings. The van der Waals surface area contributed by atoms with Crippen LogP contribution < -0.4 is 26.6 Å². The Morgan fingerprint density at radius 2 is 1.06 bits per heavy atom. The van der Waals surface area contributed by atoms with Crippen molar-refractivity contribution in [2.24, 2.45) is 47.3 Å². The van der Waals surface area contributed by atoms with E-state index in [1.165, 1.54) is 57.0 Å². The van der Waals surface area contributed by atoms with Gasteiger partial charge in [-0.3, -0.25) is 52.7 Å². The van der Waals surface area contributed by atoms with Crippen LogP contribution in [0.15, 0.2) is 0 Å². The van der Waals surface area contributed by atoms with Gasteiger partial charge in [-0.2, -0.15) is 13.2 Å². The fraction of sp³-hybridized carbons (Fsp3) is 0.838. The van der Waals surface area contributed by atoms with E-state index in [2.05, 4.69) is 26.6 Å². The number of nitrogens with one attached hydrogen (secondary N) is 5.